The first-order valence-corrected chi connectivity index (χ1v) is 19.2. The SMILES string of the molecule is C1=Cc2c(n(-c3cc(-c4ccc5c6c(cccc46)-c4ccccc4-5)cc(-n4c5ccccc5c5c6cccnc6ccc54)c3)c3ccc4cc[nH]c4c23)CC1. The Kier molecular flexibility index (Phi) is 5.71. The highest BCUT2D eigenvalue weighted by Gasteiger charge is 2.25. The molecule has 256 valence electrons. The van der Waals surface area contributed by atoms with Crippen molar-refractivity contribution in [2.24, 2.45) is 0 Å². The third-order valence-corrected chi connectivity index (χ3v) is 12.3. The first-order valence-electron chi connectivity index (χ1n) is 19.2. The fraction of sp³-hybridized carbons (Fsp3) is 0.0392. The fourth-order valence-electron chi connectivity index (χ4n) is 10.1. The number of benzene rings is 7. The number of para-hydroxylation sites is 1. The average Bonchev–Trinajstić information content (AvgIpc) is 4.01. The van der Waals surface area contributed by atoms with Gasteiger partial charge in [0.2, 0.25) is 0 Å². The van der Waals surface area contributed by atoms with Crippen molar-refractivity contribution in [3.63, 3.8) is 0 Å². The van der Waals surface area contributed by atoms with E-state index < -0.39 is 0 Å². The van der Waals surface area contributed by atoms with Gasteiger partial charge in [-0.25, -0.2) is 0 Å². The van der Waals surface area contributed by atoms with Crippen LogP contribution in [0.15, 0.2) is 158 Å². The molecule has 0 fully saturated rings. The molecule has 0 saturated heterocycles. The summed E-state index contributed by atoms with van der Waals surface area (Å²) in [6.07, 6.45) is 10.6. The molecule has 4 aromatic heterocycles. The zero-order chi connectivity index (χ0) is 35.8. The Morgan fingerprint density at radius 1 is 0.527 bits per heavy atom. The van der Waals surface area contributed by atoms with Crippen LogP contribution in [0.25, 0.3) is 116 Å². The van der Waals surface area contributed by atoms with Gasteiger partial charge in [0.05, 0.1) is 27.6 Å². The van der Waals surface area contributed by atoms with Crippen molar-refractivity contribution in [3.05, 3.63) is 169 Å². The van der Waals surface area contributed by atoms with Crippen LogP contribution < -0.4 is 0 Å². The molecule has 0 spiro atoms. The third-order valence-electron chi connectivity index (χ3n) is 12.3. The second kappa shape index (κ2) is 10.7. The van der Waals surface area contributed by atoms with Crippen molar-refractivity contribution in [2.75, 3.05) is 0 Å². The lowest BCUT2D eigenvalue weighted by Gasteiger charge is -2.19. The molecule has 55 heavy (non-hydrogen) atoms. The maximum atomic E-state index is 4.75. The van der Waals surface area contributed by atoms with Gasteiger partial charge >= 0.3 is 0 Å². The first kappa shape index (κ1) is 29.3. The Bertz CT molecular complexity index is 3470. The zero-order valence-corrected chi connectivity index (χ0v) is 29.8. The molecule has 4 nitrogen and oxygen atoms in total. The normalized spacial score (nSPS) is 13.2. The van der Waals surface area contributed by atoms with Crippen LogP contribution in [0.5, 0.6) is 0 Å². The van der Waals surface area contributed by atoms with Gasteiger partial charge in [-0.1, -0.05) is 97.1 Å². The molecule has 2 aliphatic rings. The molecule has 2 aliphatic carbocycles. The molecule has 0 aliphatic heterocycles. The average molecular weight is 701 g/mol. The highest BCUT2D eigenvalue weighted by atomic mass is 15.0. The van der Waals surface area contributed by atoms with E-state index in [1.807, 2.05) is 6.20 Å². The van der Waals surface area contributed by atoms with E-state index in [1.165, 1.54) is 110 Å². The van der Waals surface area contributed by atoms with E-state index in [1.54, 1.807) is 0 Å². The Morgan fingerprint density at radius 2 is 1.27 bits per heavy atom. The summed E-state index contributed by atoms with van der Waals surface area (Å²) in [4.78, 5) is 8.34. The smallest absolute Gasteiger partial charge is 0.0709 e. The molecule has 0 radical (unpaired) electrons. The molecular weight excluding hydrogens is 669 g/mol. The van der Waals surface area contributed by atoms with E-state index in [4.69, 9.17) is 4.98 Å². The van der Waals surface area contributed by atoms with Crippen LogP contribution in [-0.4, -0.2) is 19.1 Å². The lowest BCUT2D eigenvalue weighted by atomic mass is 9.93. The van der Waals surface area contributed by atoms with Crippen LogP contribution in [0.1, 0.15) is 17.7 Å². The molecule has 0 saturated carbocycles. The van der Waals surface area contributed by atoms with Gasteiger partial charge in [-0.05, 0) is 112 Å². The zero-order valence-electron chi connectivity index (χ0n) is 29.8. The van der Waals surface area contributed by atoms with Crippen LogP contribution >= 0.6 is 0 Å². The lowest BCUT2D eigenvalue weighted by Crippen LogP contribution is -2.05. The summed E-state index contributed by atoms with van der Waals surface area (Å²) in [5.41, 5.74) is 18.5. The lowest BCUT2D eigenvalue weighted by molar-refractivity contribution is 0.888. The number of pyridine rings is 1. The van der Waals surface area contributed by atoms with Gasteiger partial charge in [0.1, 0.15) is 0 Å². The molecule has 0 amide bonds. The van der Waals surface area contributed by atoms with Gasteiger partial charge in [0.15, 0.2) is 0 Å². The number of rotatable bonds is 3. The predicted octanol–water partition coefficient (Wildman–Crippen LogP) is 13.2. The van der Waals surface area contributed by atoms with Crippen LogP contribution in [-0.2, 0) is 6.42 Å². The number of nitrogens with zero attached hydrogens (tertiary/aromatic N) is 3. The number of allylic oxidation sites excluding steroid dienone is 1. The van der Waals surface area contributed by atoms with Gasteiger partial charge in [0, 0.05) is 62.0 Å². The summed E-state index contributed by atoms with van der Waals surface area (Å²) in [5.74, 6) is 0. The summed E-state index contributed by atoms with van der Waals surface area (Å²) in [6, 6.07) is 51.9. The van der Waals surface area contributed by atoms with E-state index >= 15 is 0 Å². The maximum Gasteiger partial charge on any atom is 0.0709 e. The third kappa shape index (κ3) is 3.88. The number of hydrogen-bond acceptors (Lipinski definition) is 1. The Labute approximate surface area is 316 Å². The maximum absolute atomic E-state index is 4.75. The minimum Gasteiger partial charge on any atom is -0.361 e. The predicted molar refractivity (Wildman–Crippen MR) is 229 cm³/mol. The van der Waals surface area contributed by atoms with Crippen molar-refractivity contribution in [2.45, 2.75) is 12.8 Å². The Balaban J connectivity index is 1.16. The highest BCUT2D eigenvalue weighted by molar-refractivity contribution is 6.21. The van der Waals surface area contributed by atoms with Crippen molar-refractivity contribution in [3.8, 4) is 44.8 Å². The molecule has 0 bridgehead atoms. The van der Waals surface area contributed by atoms with E-state index in [9.17, 15) is 0 Å². The number of nitrogens with one attached hydrogen (secondary N) is 1. The molecule has 4 heterocycles. The van der Waals surface area contributed by atoms with Crippen LogP contribution in [0.4, 0.5) is 0 Å². The van der Waals surface area contributed by atoms with Crippen molar-refractivity contribution in [1.82, 2.24) is 19.1 Å². The second-order valence-corrected chi connectivity index (χ2v) is 15.1. The summed E-state index contributed by atoms with van der Waals surface area (Å²) in [5, 5.41) is 8.79. The van der Waals surface area contributed by atoms with Crippen LogP contribution in [0.2, 0.25) is 0 Å². The first-order chi connectivity index (χ1) is 27.3. The quantitative estimate of drug-likeness (QED) is 0.196. The van der Waals surface area contributed by atoms with Crippen molar-refractivity contribution >= 4 is 71.4 Å². The number of aromatic amines is 1. The molecular formula is C51H32N4. The molecule has 7 aromatic carbocycles. The van der Waals surface area contributed by atoms with Gasteiger partial charge < -0.3 is 14.1 Å². The molecule has 4 heteroatoms. The molecule has 1 N–H and O–H groups in total. The second-order valence-electron chi connectivity index (χ2n) is 15.1. The summed E-state index contributed by atoms with van der Waals surface area (Å²) in [7, 11) is 0. The van der Waals surface area contributed by atoms with Gasteiger partial charge in [-0.2, -0.15) is 0 Å². The number of aromatic nitrogens is 4. The number of H-pyrrole nitrogens is 1. The molecule has 0 atom stereocenters. The standard InChI is InChI=1S/C51H32N4/c1-2-10-36-35(9-1)38-14-7-13-37-34(19-20-39(36)48(37)38)31-27-32(54-44-16-5-3-11-41(44)49-40-15-8-25-52-43(40)21-23-46(49)54)29-33(28-31)55-45-17-6-4-12-42(45)50-47(55)22-18-30-24-26-53-51(30)50/h1-5,7-16,18-29,53H,6,17H2. The summed E-state index contributed by atoms with van der Waals surface area (Å²) < 4.78 is 5.02. The van der Waals surface area contributed by atoms with Gasteiger partial charge in [-0.15, -0.1) is 0 Å². The molecule has 11 aromatic rings. The molecule has 13 rings (SSSR count). The number of hydrogen-bond donors (Lipinski definition) is 1. The van der Waals surface area contributed by atoms with E-state index in [0.29, 0.717) is 0 Å². The highest BCUT2D eigenvalue weighted by Crippen LogP contribution is 2.50. The van der Waals surface area contributed by atoms with Crippen molar-refractivity contribution < 1.29 is 0 Å². The van der Waals surface area contributed by atoms with Gasteiger partial charge in [0.25, 0.3) is 0 Å². The van der Waals surface area contributed by atoms with E-state index in [0.717, 1.165) is 24.0 Å². The van der Waals surface area contributed by atoms with E-state index in [-0.39, 0.29) is 0 Å². The Hall–Kier alpha value is -7.17. The van der Waals surface area contributed by atoms with Gasteiger partial charge in [-0.3, -0.25) is 4.98 Å². The van der Waals surface area contributed by atoms with E-state index in [2.05, 4.69) is 172 Å². The van der Waals surface area contributed by atoms with Crippen LogP contribution in [0.3, 0.4) is 0 Å². The monoisotopic (exact) mass is 700 g/mol. The minimum absolute atomic E-state index is 0.982. The fourth-order valence-corrected chi connectivity index (χ4v) is 10.1. The summed E-state index contributed by atoms with van der Waals surface area (Å²) in [6.45, 7) is 0. The minimum atomic E-state index is 0.982. The van der Waals surface area contributed by atoms with Crippen LogP contribution in [0, 0.1) is 0 Å². The van der Waals surface area contributed by atoms with Crippen molar-refractivity contribution in [1.29, 1.82) is 0 Å². The molecule has 0 unspecified atom stereocenters. The summed E-state index contributed by atoms with van der Waals surface area (Å²) >= 11 is 0. The number of fused-ring (bicyclic) bond motifs is 13. The largest absolute Gasteiger partial charge is 0.361 e. The Morgan fingerprint density at radius 3 is 2.20 bits per heavy atom. The topological polar surface area (TPSA) is 38.5 Å².